The van der Waals surface area contributed by atoms with Crippen molar-refractivity contribution in [2.45, 2.75) is 6.92 Å². The number of carbonyl (C=O) groups excluding carboxylic acids is 1. The van der Waals surface area contributed by atoms with Crippen molar-refractivity contribution in [3.8, 4) is 0 Å². The zero-order chi connectivity index (χ0) is 9.14. The quantitative estimate of drug-likeness (QED) is 0.698. The van der Waals surface area contributed by atoms with Crippen LogP contribution >= 0.6 is 11.3 Å². The van der Waals surface area contributed by atoms with Gasteiger partial charge in [-0.05, 0) is 19.1 Å². The molecule has 4 heteroatoms. The smallest absolute Gasteiger partial charge is 0.185 e. The van der Waals surface area contributed by atoms with Gasteiger partial charge in [-0.2, -0.15) is 0 Å². The molecule has 12 heavy (non-hydrogen) atoms. The predicted molar refractivity (Wildman–Crippen MR) is 52.3 cm³/mol. The number of hydrogen-bond acceptors (Lipinski definition) is 3. The number of carbonyl (C=O) groups is 1. The summed E-state index contributed by atoms with van der Waals surface area (Å²) in [5.41, 5.74) is 0. The van der Waals surface area contributed by atoms with E-state index in [4.69, 9.17) is 0 Å². The summed E-state index contributed by atoms with van der Waals surface area (Å²) >= 11 is 1.45. The third-order valence-corrected chi connectivity index (χ3v) is 3.06. The third kappa shape index (κ3) is 2.53. The number of hydrogen-bond donors (Lipinski definition) is 0. The lowest BCUT2D eigenvalue weighted by molar-refractivity contribution is 0.102. The van der Waals surface area contributed by atoms with Crippen molar-refractivity contribution in [1.29, 1.82) is 0 Å². The number of aryl methyl sites for hydroxylation is 1. The fourth-order valence-corrected chi connectivity index (χ4v) is 2.26. The molecule has 1 atom stereocenters. The second-order valence-corrected chi connectivity index (χ2v) is 5.27. The standard InChI is InChI=1S/C8H10O2S2/c1-6-3-4-8(11-6)7(9)5-12(2)10/h3-4H,5H2,1-2H3. The molecular weight excluding hydrogens is 192 g/mol. The van der Waals surface area contributed by atoms with Gasteiger partial charge < -0.3 is 0 Å². The molecule has 0 aromatic carbocycles. The molecule has 0 saturated heterocycles. The van der Waals surface area contributed by atoms with E-state index in [-0.39, 0.29) is 11.5 Å². The van der Waals surface area contributed by atoms with E-state index in [0.717, 1.165) is 4.88 Å². The van der Waals surface area contributed by atoms with Crippen LogP contribution in [0, 0.1) is 6.92 Å². The summed E-state index contributed by atoms with van der Waals surface area (Å²) < 4.78 is 10.7. The minimum atomic E-state index is -1.03. The molecule has 0 aliphatic carbocycles. The molecule has 2 nitrogen and oxygen atoms in total. The average molecular weight is 202 g/mol. The summed E-state index contributed by atoms with van der Waals surface area (Å²) in [5, 5.41) is 0. The molecule has 1 aromatic heterocycles. The van der Waals surface area contributed by atoms with Crippen LogP contribution in [0.15, 0.2) is 12.1 Å². The minimum absolute atomic E-state index is 0.0195. The largest absolute Gasteiger partial charge is 0.292 e. The first-order valence-corrected chi connectivity index (χ1v) is 6.03. The van der Waals surface area contributed by atoms with Gasteiger partial charge in [-0.25, -0.2) is 0 Å². The summed E-state index contributed by atoms with van der Waals surface area (Å²) in [4.78, 5) is 13.1. The maximum Gasteiger partial charge on any atom is 0.185 e. The van der Waals surface area contributed by atoms with E-state index in [0.29, 0.717) is 4.88 Å². The highest BCUT2D eigenvalue weighted by atomic mass is 32.2. The highest BCUT2D eigenvalue weighted by Crippen LogP contribution is 2.15. The lowest BCUT2D eigenvalue weighted by Crippen LogP contribution is -2.07. The molecule has 0 aliphatic heterocycles. The molecular formula is C8H10O2S2. The van der Waals surface area contributed by atoms with E-state index in [9.17, 15) is 9.00 Å². The lowest BCUT2D eigenvalue weighted by Gasteiger charge is -1.92. The van der Waals surface area contributed by atoms with Crippen LogP contribution in [0.4, 0.5) is 0 Å². The van der Waals surface area contributed by atoms with E-state index in [1.165, 1.54) is 11.3 Å². The van der Waals surface area contributed by atoms with Gasteiger partial charge >= 0.3 is 0 Å². The van der Waals surface area contributed by atoms with E-state index in [2.05, 4.69) is 0 Å². The van der Waals surface area contributed by atoms with Crippen LogP contribution in [0.5, 0.6) is 0 Å². The molecule has 0 saturated carbocycles. The zero-order valence-corrected chi connectivity index (χ0v) is 8.63. The summed E-state index contributed by atoms with van der Waals surface area (Å²) in [5.74, 6) is 0.119. The van der Waals surface area contributed by atoms with Crippen LogP contribution in [0.1, 0.15) is 14.5 Å². The van der Waals surface area contributed by atoms with Crippen molar-refractivity contribution in [2.75, 3.05) is 12.0 Å². The molecule has 66 valence electrons. The lowest BCUT2D eigenvalue weighted by atomic mass is 10.3. The van der Waals surface area contributed by atoms with Gasteiger partial charge in [0.15, 0.2) is 5.78 Å². The highest BCUT2D eigenvalue weighted by Gasteiger charge is 2.09. The van der Waals surface area contributed by atoms with Gasteiger partial charge in [0.1, 0.15) is 0 Å². The molecule has 1 heterocycles. The monoisotopic (exact) mass is 202 g/mol. The fraction of sp³-hybridized carbons (Fsp3) is 0.375. The Morgan fingerprint density at radius 1 is 1.58 bits per heavy atom. The molecule has 1 rings (SSSR count). The Hall–Kier alpha value is -0.480. The Morgan fingerprint density at radius 2 is 2.25 bits per heavy atom. The predicted octanol–water partition coefficient (Wildman–Crippen LogP) is 1.62. The van der Waals surface area contributed by atoms with Crippen molar-refractivity contribution in [3.63, 3.8) is 0 Å². The Labute approximate surface area is 78.1 Å². The van der Waals surface area contributed by atoms with Gasteiger partial charge in [0.05, 0.1) is 10.6 Å². The van der Waals surface area contributed by atoms with Gasteiger partial charge in [-0.1, -0.05) is 0 Å². The SMILES string of the molecule is Cc1ccc(C(=O)CS(C)=O)s1. The maximum absolute atomic E-state index is 11.3. The molecule has 1 unspecified atom stereocenters. The molecule has 0 spiro atoms. The second kappa shape index (κ2) is 3.96. The van der Waals surface area contributed by atoms with E-state index >= 15 is 0 Å². The highest BCUT2D eigenvalue weighted by molar-refractivity contribution is 7.85. The average Bonchev–Trinajstić information content (AvgIpc) is 2.34. The molecule has 0 aliphatic rings. The first kappa shape index (κ1) is 9.61. The van der Waals surface area contributed by atoms with Gasteiger partial charge in [0, 0.05) is 21.9 Å². The molecule has 0 bridgehead atoms. The Morgan fingerprint density at radius 3 is 2.67 bits per heavy atom. The van der Waals surface area contributed by atoms with Crippen molar-refractivity contribution in [3.05, 3.63) is 21.9 Å². The Bertz CT molecular complexity index is 315. The zero-order valence-electron chi connectivity index (χ0n) is 6.99. The second-order valence-electron chi connectivity index (χ2n) is 2.55. The molecule has 0 fully saturated rings. The summed E-state index contributed by atoms with van der Waals surface area (Å²) in [7, 11) is -1.03. The topological polar surface area (TPSA) is 34.1 Å². The fourth-order valence-electron chi connectivity index (χ4n) is 0.840. The minimum Gasteiger partial charge on any atom is -0.292 e. The van der Waals surface area contributed by atoms with Gasteiger partial charge in [0.2, 0.25) is 0 Å². The number of Topliss-reactive ketones (excluding diaryl/α,β-unsaturated/α-hetero) is 1. The van der Waals surface area contributed by atoms with Crippen molar-refractivity contribution in [1.82, 2.24) is 0 Å². The van der Waals surface area contributed by atoms with Gasteiger partial charge in [0.25, 0.3) is 0 Å². The van der Waals surface area contributed by atoms with Crippen LogP contribution < -0.4 is 0 Å². The van der Waals surface area contributed by atoms with E-state index in [1.807, 2.05) is 13.0 Å². The van der Waals surface area contributed by atoms with Crippen LogP contribution in [-0.4, -0.2) is 22.0 Å². The third-order valence-electron chi connectivity index (χ3n) is 1.35. The van der Waals surface area contributed by atoms with E-state index < -0.39 is 10.8 Å². The van der Waals surface area contributed by atoms with Gasteiger partial charge in [-0.15, -0.1) is 11.3 Å². The van der Waals surface area contributed by atoms with Crippen molar-refractivity contribution in [2.24, 2.45) is 0 Å². The molecule has 0 amide bonds. The Kier molecular flexibility index (Phi) is 3.17. The first-order valence-electron chi connectivity index (χ1n) is 3.49. The molecule has 0 N–H and O–H groups in total. The van der Waals surface area contributed by atoms with Crippen LogP contribution in [0.25, 0.3) is 0 Å². The van der Waals surface area contributed by atoms with Crippen molar-refractivity contribution < 1.29 is 9.00 Å². The number of ketones is 1. The summed E-state index contributed by atoms with van der Waals surface area (Å²) in [6.07, 6.45) is 1.54. The van der Waals surface area contributed by atoms with Crippen LogP contribution in [0.3, 0.4) is 0 Å². The summed E-state index contributed by atoms with van der Waals surface area (Å²) in [6.45, 7) is 1.95. The van der Waals surface area contributed by atoms with Crippen LogP contribution in [-0.2, 0) is 10.8 Å². The van der Waals surface area contributed by atoms with E-state index in [1.54, 1.807) is 12.3 Å². The van der Waals surface area contributed by atoms with Crippen molar-refractivity contribution >= 4 is 27.9 Å². The Balaban J connectivity index is 2.72. The molecule has 1 aromatic rings. The number of rotatable bonds is 3. The summed E-state index contributed by atoms with van der Waals surface area (Å²) in [6, 6.07) is 3.69. The van der Waals surface area contributed by atoms with Gasteiger partial charge in [-0.3, -0.25) is 9.00 Å². The molecule has 0 radical (unpaired) electrons. The van der Waals surface area contributed by atoms with Crippen LogP contribution in [0.2, 0.25) is 0 Å². The normalized spacial score (nSPS) is 12.8. The maximum atomic E-state index is 11.3. The first-order chi connectivity index (χ1) is 5.59. The number of thiophene rings is 1.